The van der Waals surface area contributed by atoms with Crippen molar-refractivity contribution in [3.05, 3.63) is 206 Å². The topological polar surface area (TPSA) is 8.17 Å². The normalized spacial score (nSPS) is 11.6. The first-order valence-electron chi connectivity index (χ1n) is 18.8. The van der Waals surface area contributed by atoms with E-state index in [4.69, 9.17) is 0 Å². The van der Waals surface area contributed by atoms with E-state index in [2.05, 4.69) is 216 Å². The molecule has 11 aromatic rings. The lowest BCUT2D eigenvalue weighted by molar-refractivity contribution is 1.19. The van der Waals surface area contributed by atoms with Crippen LogP contribution in [-0.2, 0) is 0 Å². The number of fused-ring (bicyclic) bond motifs is 8. The zero-order valence-corrected chi connectivity index (χ0v) is 30.7. The Hall–Kier alpha value is -6.94. The van der Waals surface area contributed by atoms with Gasteiger partial charge in [0, 0.05) is 48.6 Å². The Morgan fingerprint density at radius 3 is 1.91 bits per heavy atom. The highest BCUT2D eigenvalue weighted by Crippen LogP contribution is 2.47. The van der Waals surface area contributed by atoms with Crippen LogP contribution in [0.3, 0.4) is 0 Å². The summed E-state index contributed by atoms with van der Waals surface area (Å²) in [6.07, 6.45) is 0. The number of rotatable bonds is 6. The van der Waals surface area contributed by atoms with E-state index in [1.165, 1.54) is 80.7 Å². The highest BCUT2D eigenvalue weighted by Gasteiger charge is 2.21. The first-order chi connectivity index (χ1) is 27.3. The van der Waals surface area contributed by atoms with E-state index in [1.54, 1.807) is 0 Å². The van der Waals surface area contributed by atoms with Crippen LogP contribution in [0.2, 0.25) is 0 Å². The van der Waals surface area contributed by atoms with Crippen LogP contribution in [0.5, 0.6) is 0 Å². The molecule has 0 aliphatic carbocycles. The lowest BCUT2D eigenvalue weighted by Gasteiger charge is -2.28. The first-order valence-corrected chi connectivity index (χ1v) is 19.6. The van der Waals surface area contributed by atoms with E-state index in [1.807, 2.05) is 11.3 Å². The quantitative estimate of drug-likeness (QED) is 0.166. The third-order valence-corrected chi connectivity index (χ3v) is 12.2. The fourth-order valence-electron chi connectivity index (χ4n) is 8.45. The fraction of sp³-hybridized carbons (Fsp3) is 0. The van der Waals surface area contributed by atoms with Gasteiger partial charge in [-0.2, -0.15) is 0 Å². The summed E-state index contributed by atoms with van der Waals surface area (Å²) in [5, 5.41) is 7.61. The van der Waals surface area contributed by atoms with E-state index >= 15 is 0 Å². The molecule has 55 heavy (non-hydrogen) atoms. The summed E-state index contributed by atoms with van der Waals surface area (Å²) in [5.74, 6) is 0. The van der Waals surface area contributed by atoms with E-state index in [9.17, 15) is 0 Å². The molecule has 0 N–H and O–H groups in total. The zero-order chi connectivity index (χ0) is 36.3. The molecule has 0 saturated heterocycles. The van der Waals surface area contributed by atoms with Crippen molar-refractivity contribution in [2.24, 2.45) is 0 Å². The van der Waals surface area contributed by atoms with Crippen molar-refractivity contribution in [1.82, 2.24) is 4.57 Å². The number of hydrogen-bond acceptors (Lipinski definition) is 2. The third-order valence-electron chi connectivity index (χ3n) is 11.0. The van der Waals surface area contributed by atoms with Crippen molar-refractivity contribution >= 4 is 81.1 Å². The summed E-state index contributed by atoms with van der Waals surface area (Å²) in [5.41, 5.74) is 11.8. The maximum absolute atomic E-state index is 2.45. The standard InChI is InChI=1S/C52H34N2S/c1-3-14-36(15-4-1)41-19-9-11-23-47(41)53(48-24-13-22-46-44-21-10-12-25-50(44)55-52(46)48)40-30-26-35(27-31-40)38-29-32-43-45-33-28-37-16-7-8-20-42(37)51(45)54(49(43)34-38)39-17-5-2-6-18-39/h1-34H. The number of nitrogens with zero attached hydrogens (tertiary/aromatic N) is 2. The van der Waals surface area contributed by atoms with Crippen LogP contribution in [0, 0.1) is 0 Å². The number of benzene rings is 9. The molecule has 0 radical (unpaired) electrons. The Labute approximate surface area is 323 Å². The Bertz CT molecular complexity index is 3190. The summed E-state index contributed by atoms with van der Waals surface area (Å²) in [4.78, 5) is 2.45. The highest BCUT2D eigenvalue weighted by molar-refractivity contribution is 7.26. The molecule has 2 nitrogen and oxygen atoms in total. The summed E-state index contributed by atoms with van der Waals surface area (Å²) in [7, 11) is 0. The number of aromatic nitrogens is 1. The lowest BCUT2D eigenvalue weighted by atomic mass is 10.00. The molecule has 0 unspecified atom stereocenters. The second kappa shape index (κ2) is 12.9. The molecule has 0 bridgehead atoms. The number of thiophene rings is 1. The van der Waals surface area contributed by atoms with Gasteiger partial charge in [-0.25, -0.2) is 0 Å². The molecule has 3 heteroatoms. The summed E-state index contributed by atoms with van der Waals surface area (Å²) in [6.45, 7) is 0. The SMILES string of the molecule is c1ccc(-c2ccccc2N(c2ccc(-c3ccc4c5ccc6ccccc6c5n(-c5ccccc5)c4c3)cc2)c2cccc3c2sc2ccccc23)cc1. The van der Waals surface area contributed by atoms with E-state index < -0.39 is 0 Å². The average molecular weight is 719 g/mol. The predicted octanol–water partition coefficient (Wildman–Crippen LogP) is 15.1. The Morgan fingerprint density at radius 1 is 0.400 bits per heavy atom. The Morgan fingerprint density at radius 2 is 1.05 bits per heavy atom. The van der Waals surface area contributed by atoms with Gasteiger partial charge in [0.1, 0.15) is 0 Å². The van der Waals surface area contributed by atoms with Crippen molar-refractivity contribution in [2.75, 3.05) is 4.90 Å². The van der Waals surface area contributed by atoms with Crippen molar-refractivity contribution < 1.29 is 0 Å². The number of hydrogen-bond donors (Lipinski definition) is 0. The highest BCUT2D eigenvalue weighted by atomic mass is 32.1. The van der Waals surface area contributed by atoms with Gasteiger partial charge in [-0.1, -0.05) is 158 Å². The van der Waals surface area contributed by atoms with Crippen LogP contribution in [0.15, 0.2) is 206 Å². The Kier molecular flexibility index (Phi) is 7.39. The fourth-order valence-corrected chi connectivity index (χ4v) is 9.66. The van der Waals surface area contributed by atoms with Crippen LogP contribution in [0.1, 0.15) is 0 Å². The molecule has 0 fully saturated rings. The largest absolute Gasteiger partial charge is 0.309 e. The maximum Gasteiger partial charge on any atom is 0.0640 e. The molecule has 11 rings (SSSR count). The van der Waals surface area contributed by atoms with Crippen LogP contribution >= 0.6 is 11.3 Å². The second-order valence-electron chi connectivity index (χ2n) is 14.1. The lowest BCUT2D eigenvalue weighted by Crippen LogP contribution is -2.11. The number of anilines is 3. The minimum atomic E-state index is 1.11. The van der Waals surface area contributed by atoms with Crippen molar-refractivity contribution in [3.8, 4) is 27.9 Å². The van der Waals surface area contributed by atoms with Gasteiger partial charge in [-0.3, -0.25) is 0 Å². The average Bonchev–Trinajstić information content (AvgIpc) is 3.81. The number of para-hydroxylation sites is 2. The smallest absolute Gasteiger partial charge is 0.0640 e. The molecule has 0 atom stereocenters. The monoisotopic (exact) mass is 718 g/mol. The van der Waals surface area contributed by atoms with Crippen LogP contribution in [0.4, 0.5) is 17.1 Å². The molecule has 0 spiro atoms. The van der Waals surface area contributed by atoms with Gasteiger partial charge in [0.2, 0.25) is 0 Å². The van der Waals surface area contributed by atoms with Crippen LogP contribution < -0.4 is 4.90 Å². The van der Waals surface area contributed by atoms with Crippen LogP contribution in [0.25, 0.3) is 80.7 Å². The molecule has 2 heterocycles. The molecular formula is C52H34N2S. The summed E-state index contributed by atoms with van der Waals surface area (Å²) < 4.78 is 5.02. The molecule has 0 aliphatic rings. The van der Waals surface area contributed by atoms with E-state index in [0.717, 1.165) is 17.1 Å². The van der Waals surface area contributed by atoms with Gasteiger partial charge >= 0.3 is 0 Å². The maximum atomic E-state index is 2.45. The molecule has 0 amide bonds. The first kappa shape index (κ1) is 31.6. The second-order valence-corrected chi connectivity index (χ2v) is 15.2. The molecular weight excluding hydrogens is 685 g/mol. The van der Waals surface area contributed by atoms with Gasteiger partial charge in [-0.15, -0.1) is 11.3 Å². The molecule has 2 aromatic heterocycles. The Balaban J connectivity index is 1.09. The molecule has 258 valence electrons. The van der Waals surface area contributed by atoms with E-state index in [-0.39, 0.29) is 0 Å². The molecule has 0 saturated carbocycles. The summed E-state index contributed by atoms with van der Waals surface area (Å²) >= 11 is 1.87. The van der Waals surface area contributed by atoms with Crippen molar-refractivity contribution in [1.29, 1.82) is 0 Å². The van der Waals surface area contributed by atoms with Gasteiger partial charge in [0.05, 0.1) is 27.1 Å². The zero-order valence-electron chi connectivity index (χ0n) is 29.9. The van der Waals surface area contributed by atoms with Crippen molar-refractivity contribution in [2.45, 2.75) is 0 Å². The molecule has 9 aromatic carbocycles. The third kappa shape index (κ3) is 5.16. The van der Waals surface area contributed by atoms with Gasteiger partial charge in [0.15, 0.2) is 0 Å². The van der Waals surface area contributed by atoms with Crippen molar-refractivity contribution in [3.63, 3.8) is 0 Å². The van der Waals surface area contributed by atoms with Crippen LogP contribution in [-0.4, -0.2) is 4.57 Å². The predicted molar refractivity (Wildman–Crippen MR) is 237 cm³/mol. The molecule has 0 aliphatic heterocycles. The van der Waals surface area contributed by atoms with Gasteiger partial charge in [-0.05, 0) is 70.6 Å². The van der Waals surface area contributed by atoms with E-state index in [0.29, 0.717) is 0 Å². The summed E-state index contributed by atoms with van der Waals surface area (Å²) in [6, 6.07) is 75.1. The van der Waals surface area contributed by atoms with Gasteiger partial charge in [0.25, 0.3) is 0 Å². The minimum Gasteiger partial charge on any atom is -0.309 e. The minimum absolute atomic E-state index is 1.11. The van der Waals surface area contributed by atoms with Gasteiger partial charge < -0.3 is 9.47 Å².